The Balaban J connectivity index is 1.75. The number of benzene rings is 1. The Bertz CT molecular complexity index is 1170. The molecule has 29 heavy (non-hydrogen) atoms. The average molecular weight is 393 g/mol. The lowest BCUT2D eigenvalue weighted by Crippen LogP contribution is -2.10. The largest absolute Gasteiger partial charge is 0.382 e. The summed E-state index contributed by atoms with van der Waals surface area (Å²) in [5.74, 6) is -0.253. The molecule has 1 aromatic carbocycles. The van der Waals surface area contributed by atoms with E-state index in [2.05, 4.69) is 25.5 Å². The van der Waals surface area contributed by atoms with Crippen LogP contribution in [-0.4, -0.2) is 30.8 Å². The first-order valence-corrected chi connectivity index (χ1v) is 8.64. The van der Waals surface area contributed by atoms with Crippen LogP contribution in [0.15, 0.2) is 53.4 Å². The molecular weight excluding hydrogens is 377 g/mol. The number of rotatable bonds is 5. The first kappa shape index (κ1) is 18.3. The summed E-state index contributed by atoms with van der Waals surface area (Å²) in [5, 5.41) is 11.0. The summed E-state index contributed by atoms with van der Waals surface area (Å²) in [7, 11) is 0. The van der Waals surface area contributed by atoms with Gasteiger partial charge in [0.2, 0.25) is 5.91 Å². The minimum absolute atomic E-state index is 0.108. The van der Waals surface area contributed by atoms with E-state index in [0.29, 0.717) is 28.3 Å². The maximum Gasteiger partial charge on any atom is 0.221 e. The van der Waals surface area contributed by atoms with Crippen LogP contribution in [0, 0.1) is 5.82 Å². The molecular formula is C19H16FN7O2. The van der Waals surface area contributed by atoms with Crippen molar-refractivity contribution in [3.8, 4) is 22.9 Å². The Labute approximate surface area is 164 Å². The summed E-state index contributed by atoms with van der Waals surface area (Å²) < 4.78 is 20.6. The van der Waals surface area contributed by atoms with Crippen LogP contribution in [0.25, 0.3) is 22.9 Å². The number of hydrogen-bond acceptors (Lipinski definition) is 7. The predicted molar refractivity (Wildman–Crippen MR) is 103 cm³/mol. The molecule has 4 aromatic rings. The van der Waals surface area contributed by atoms with Crippen LogP contribution in [-0.2, 0) is 11.3 Å². The highest BCUT2D eigenvalue weighted by molar-refractivity contribution is 5.91. The van der Waals surface area contributed by atoms with Crippen LogP contribution in [0.5, 0.6) is 0 Å². The van der Waals surface area contributed by atoms with Crippen molar-refractivity contribution in [3.63, 3.8) is 0 Å². The van der Waals surface area contributed by atoms with Crippen molar-refractivity contribution < 1.29 is 13.7 Å². The van der Waals surface area contributed by atoms with Crippen molar-refractivity contribution >= 4 is 17.4 Å². The molecule has 3 heterocycles. The Morgan fingerprint density at radius 2 is 2.10 bits per heavy atom. The van der Waals surface area contributed by atoms with Crippen LogP contribution in [0.3, 0.4) is 0 Å². The zero-order chi connectivity index (χ0) is 20.4. The van der Waals surface area contributed by atoms with E-state index in [0.717, 1.165) is 0 Å². The molecule has 0 saturated carbocycles. The molecule has 0 aliphatic rings. The fraction of sp³-hybridized carbons (Fsp3) is 0.105. The van der Waals surface area contributed by atoms with E-state index in [4.69, 9.17) is 10.3 Å². The zero-order valence-corrected chi connectivity index (χ0v) is 15.3. The van der Waals surface area contributed by atoms with Gasteiger partial charge in [0.05, 0.1) is 18.4 Å². The van der Waals surface area contributed by atoms with Gasteiger partial charge in [-0.3, -0.25) is 9.48 Å². The fourth-order valence-electron chi connectivity index (χ4n) is 2.79. The van der Waals surface area contributed by atoms with Crippen molar-refractivity contribution in [2.24, 2.45) is 0 Å². The summed E-state index contributed by atoms with van der Waals surface area (Å²) in [6, 6.07) is 9.83. The number of hydrogen-bond donors (Lipinski definition) is 2. The minimum atomic E-state index is -0.337. The van der Waals surface area contributed by atoms with Gasteiger partial charge in [0.1, 0.15) is 29.2 Å². The number of anilines is 2. The molecule has 0 atom stereocenters. The molecule has 0 unspecified atom stereocenters. The summed E-state index contributed by atoms with van der Waals surface area (Å²) in [5.41, 5.74) is 8.24. The summed E-state index contributed by atoms with van der Waals surface area (Å²) in [4.78, 5) is 19.7. The second kappa shape index (κ2) is 7.50. The maximum absolute atomic E-state index is 14.1. The van der Waals surface area contributed by atoms with Gasteiger partial charge in [-0.25, -0.2) is 14.4 Å². The molecule has 0 spiro atoms. The minimum Gasteiger partial charge on any atom is -0.382 e. The second-order valence-electron chi connectivity index (χ2n) is 6.22. The molecule has 3 N–H and O–H groups in total. The lowest BCUT2D eigenvalue weighted by molar-refractivity contribution is -0.114. The number of aromatic nitrogens is 5. The van der Waals surface area contributed by atoms with Crippen molar-refractivity contribution in [1.82, 2.24) is 24.9 Å². The number of nitrogens with zero attached hydrogens (tertiary/aromatic N) is 5. The topological polar surface area (TPSA) is 125 Å². The van der Waals surface area contributed by atoms with E-state index in [1.807, 2.05) is 0 Å². The van der Waals surface area contributed by atoms with Gasteiger partial charge >= 0.3 is 0 Å². The molecule has 3 aromatic heterocycles. The third kappa shape index (κ3) is 3.81. The molecule has 0 fully saturated rings. The molecule has 0 aliphatic heterocycles. The normalized spacial score (nSPS) is 10.8. The SMILES string of the molecule is CC(=O)Nc1cnc(-c2cc(-c3ccon3)n(Cc3ccccc3F)n2)nc1N. The number of carbonyl (C=O) groups excluding carboxylic acids is 1. The smallest absolute Gasteiger partial charge is 0.221 e. The van der Waals surface area contributed by atoms with E-state index < -0.39 is 0 Å². The first-order chi connectivity index (χ1) is 14.0. The van der Waals surface area contributed by atoms with Crippen LogP contribution in [0.4, 0.5) is 15.9 Å². The fourth-order valence-corrected chi connectivity index (χ4v) is 2.79. The van der Waals surface area contributed by atoms with E-state index in [1.54, 1.807) is 35.0 Å². The van der Waals surface area contributed by atoms with Crippen LogP contribution < -0.4 is 11.1 Å². The Morgan fingerprint density at radius 3 is 2.79 bits per heavy atom. The third-order valence-electron chi connectivity index (χ3n) is 4.12. The standard InChI is InChI=1S/C19H16FN7O2/c1-11(28)23-16-9-22-19(24-18(16)21)15-8-17(14-6-7-29-26-14)27(25-15)10-12-4-2-3-5-13(12)20/h2-9H,10H2,1H3,(H,23,28)(H2,21,22,24). The highest BCUT2D eigenvalue weighted by Gasteiger charge is 2.17. The monoisotopic (exact) mass is 393 g/mol. The van der Waals surface area contributed by atoms with Gasteiger partial charge < -0.3 is 15.6 Å². The summed E-state index contributed by atoms with van der Waals surface area (Å²) >= 11 is 0. The number of nitrogens with two attached hydrogens (primary N) is 1. The first-order valence-electron chi connectivity index (χ1n) is 8.64. The van der Waals surface area contributed by atoms with Gasteiger partial charge in [-0.1, -0.05) is 23.4 Å². The molecule has 0 radical (unpaired) electrons. The van der Waals surface area contributed by atoms with Gasteiger partial charge in [0.15, 0.2) is 11.6 Å². The number of amides is 1. The lowest BCUT2D eigenvalue weighted by Gasteiger charge is -2.07. The lowest BCUT2D eigenvalue weighted by atomic mass is 10.2. The van der Waals surface area contributed by atoms with Gasteiger partial charge in [0, 0.05) is 18.6 Å². The Hall–Kier alpha value is -4.08. The van der Waals surface area contributed by atoms with Crippen LogP contribution >= 0.6 is 0 Å². The molecule has 1 amide bonds. The van der Waals surface area contributed by atoms with Crippen molar-refractivity contribution in [2.75, 3.05) is 11.1 Å². The summed E-state index contributed by atoms with van der Waals surface area (Å²) in [6.07, 6.45) is 2.84. The van der Waals surface area contributed by atoms with E-state index in [1.165, 1.54) is 25.5 Å². The second-order valence-corrected chi connectivity index (χ2v) is 6.22. The zero-order valence-electron chi connectivity index (χ0n) is 15.3. The van der Waals surface area contributed by atoms with Crippen LogP contribution in [0.2, 0.25) is 0 Å². The van der Waals surface area contributed by atoms with Crippen molar-refractivity contribution in [1.29, 1.82) is 0 Å². The third-order valence-corrected chi connectivity index (χ3v) is 4.12. The quantitative estimate of drug-likeness (QED) is 0.534. The average Bonchev–Trinajstić information content (AvgIpc) is 3.34. The highest BCUT2D eigenvalue weighted by atomic mass is 19.1. The Morgan fingerprint density at radius 1 is 1.28 bits per heavy atom. The van der Waals surface area contributed by atoms with Gasteiger partial charge in [0.25, 0.3) is 0 Å². The van der Waals surface area contributed by atoms with Crippen LogP contribution in [0.1, 0.15) is 12.5 Å². The molecule has 0 aliphatic carbocycles. The number of nitrogen functional groups attached to an aromatic ring is 1. The number of nitrogens with one attached hydrogen (secondary N) is 1. The highest BCUT2D eigenvalue weighted by Crippen LogP contribution is 2.26. The van der Waals surface area contributed by atoms with E-state index in [-0.39, 0.29) is 29.9 Å². The van der Waals surface area contributed by atoms with E-state index in [9.17, 15) is 9.18 Å². The predicted octanol–water partition coefficient (Wildman–Crippen LogP) is 2.72. The van der Waals surface area contributed by atoms with Gasteiger partial charge in [-0.2, -0.15) is 5.10 Å². The maximum atomic E-state index is 14.1. The number of halogens is 1. The van der Waals surface area contributed by atoms with Gasteiger partial charge in [-0.05, 0) is 12.1 Å². The number of carbonyl (C=O) groups is 1. The van der Waals surface area contributed by atoms with Crippen molar-refractivity contribution in [2.45, 2.75) is 13.5 Å². The van der Waals surface area contributed by atoms with Crippen molar-refractivity contribution in [3.05, 3.63) is 60.2 Å². The molecule has 9 nitrogen and oxygen atoms in total. The molecule has 4 rings (SSSR count). The van der Waals surface area contributed by atoms with Gasteiger partial charge in [-0.15, -0.1) is 0 Å². The molecule has 0 saturated heterocycles. The molecule has 10 heteroatoms. The summed E-state index contributed by atoms with van der Waals surface area (Å²) in [6.45, 7) is 1.54. The molecule has 146 valence electrons. The Kier molecular flexibility index (Phi) is 4.73. The van der Waals surface area contributed by atoms with E-state index >= 15 is 0 Å². The molecule has 0 bridgehead atoms.